The Morgan fingerprint density at radius 1 is 1.60 bits per heavy atom. The maximum Gasteiger partial charge on any atom is 0.0646 e. The Balaban J connectivity index is 2.78. The minimum Gasteiger partial charge on any atom is -0.383 e. The molecular weight excluding hydrogens is 190 g/mol. The van der Waals surface area contributed by atoms with Crippen LogP contribution in [0.2, 0.25) is 0 Å². The molecule has 1 unspecified atom stereocenters. The predicted molar refractivity (Wildman–Crippen MR) is 60.7 cm³/mol. The summed E-state index contributed by atoms with van der Waals surface area (Å²) >= 11 is 0. The molecule has 0 radical (unpaired) electrons. The van der Waals surface area contributed by atoms with Gasteiger partial charge in [-0.1, -0.05) is 6.92 Å². The molecule has 0 spiro atoms. The summed E-state index contributed by atoms with van der Waals surface area (Å²) in [7, 11) is 3.64. The first kappa shape index (κ1) is 12.2. The predicted octanol–water partition coefficient (Wildman–Crippen LogP) is 1.02. The largest absolute Gasteiger partial charge is 0.383 e. The van der Waals surface area contributed by atoms with Gasteiger partial charge in [0.1, 0.15) is 0 Å². The van der Waals surface area contributed by atoms with Crippen LogP contribution in [0.15, 0.2) is 6.07 Å². The van der Waals surface area contributed by atoms with E-state index in [1.165, 1.54) is 0 Å². The summed E-state index contributed by atoms with van der Waals surface area (Å²) in [6.07, 6.45) is 1.69. The highest BCUT2D eigenvalue weighted by Gasteiger charge is 2.24. The second-order valence-electron chi connectivity index (χ2n) is 4.23. The van der Waals surface area contributed by atoms with E-state index in [2.05, 4.69) is 18.1 Å². The van der Waals surface area contributed by atoms with Crippen molar-refractivity contribution in [2.75, 3.05) is 13.7 Å². The van der Waals surface area contributed by atoms with Crippen LogP contribution in [-0.4, -0.2) is 29.0 Å². The average molecular weight is 211 g/mol. The Morgan fingerprint density at radius 3 is 2.67 bits per heavy atom. The lowest BCUT2D eigenvalue weighted by molar-refractivity contribution is 0.128. The Labute approximate surface area is 91.4 Å². The first-order valence-electron chi connectivity index (χ1n) is 5.28. The van der Waals surface area contributed by atoms with E-state index in [9.17, 15) is 0 Å². The third-order valence-corrected chi connectivity index (χ3v) is 2.77. The second-order valence-corrected chi connectivity index (χ2v) is 4.23. The van der Waals surface area contributed by atoms with Crippen molar-refractivity contribution >= 4 is 0 Å². The van der Waals surface area contributed by atoms with Gasteiger partial charge in [0, 0.05) is 31.8 Å². The Hall–Kier alpha value is -0.870. The van der Waals surface area contributed by atoms with Crippen molar-refractivity contribution in [2.45, 2.75) is 32.2 Å². The molecule has 1 aromatic heterocycles. The molecule has 0 bridgehead atoms. The van der Waals surface area contributed by atoms with E-state index in [1.54, 1.807) is 7.11 Å². The number of aromatic nitrogens is 2. The van der Waals surface area contributed by atoms with Crippen LogP contribution in [0.1, 0.15) is 24.7 Å². The monoisotopic (exact) mass is 211 g/mol. The molecule has 0 aliphatic rings. The number of nitrogens with two attached hydrogens (primary N) is 1. The summed E-state index contributed by atoms with van der Waals surface area (Å²) in [5.74, 6) is 0. The zero-order chi connectivity index (χ0) is 11.5. The molecule has 86 valence electrons. The fourth-order valence-corrected chi connectivity index (χ4v) is 1.76. The summed E-state index contributed by atoms with van der Waals surface area (Å²) < 4.78 is 7.05. The lowest BCUT2D eigenvalue weighted by Crippen LogP contribution is -2.46. The molecule has 1 heterocycles. The lowest BCUT2D eigenvalue weighted by Gasteiger charge is -2.27. The minimum absolute atomic E-state index is 0.283. The molecule has 0 amide bonds. The van der Waals surface area contributed by atoms with E-state index >= 15 is 0 Å². The average Bonchev–Trinajstić information content (AvgIpc) is 2.45. The molecule has 1 aromatic rings. The minimum atomic E-state index is -0.283. The Morgan fingerprint density at radius 2 is 2.27 bits per heavy atom. The van der Waals surface area contributed by atoms with Gasteiger partial charge in [-0.05, 0) is 19.4 Å². The van der Waals surface area contributed by atoms with Gasteiger partial charge in [-0.3, -0.25) is 4.68 Å². The second kappa shape index (κ2) is 4.77. The van der Waals surface area contributed by atoms with E-state index < -0.39 is 0 Å². The van der Waals surface area contributed by atoms with Crippen LogP contribution in [0.25, 0.3) is 0 Å². The molecule has 4 heteroatoms. The van der Waals surface area contributed by atoms with Gasteiger partial charge < -0.3 is 10.5 Å². The third-order valence-electron chi connectivity index (χ3n) is 2.77. The molecule has 0 aliphatic carbocycles. The smallest absolute Gasteiger partial charge is 0.0646 e. The van der Waals surface area contributed by atoms with E-state index in [1.807, 2.05) is 18.7 Å². The SMILES string of the molecule is CCC(N)(COC)Cc1cc(C)nn1C. The Kier molecular flexibility index (Phi) is 3.88. The van der Waals surface area contributed by atoms with Crippen LogP contribution in [0.5, 0.6) is 0 Å². The molecule has 1 atom stereocenters. The highest BCUT2D eigenvalue weighted by Crippen LogP contribution is 2.15. The summed E-state index contributed by atoms with van der Waals surface area (Å²) in [5.41, 5.74) is 8.16. The fourth-order valence-electron chi connectivity index (χ4n) is 1.76. The van der Waals surface area contributed by atoms with Gasteiger partial charge in [0.2, 0.25) is 0 Å². The van der Waals surface area contributed by atoms with Crippen LogP contribution in [-0.2, 0) is 18.2 Å². The highest BCUT2D eigenvalue weighted by atomic mass is 16.5. The van der Waals surface area contributed by atoms with Gasteiger partial charge in [0.15, 0.2) is 0 Å². The molecule has 2 N–H and O–H groups in total. The molecule has 1 rings (SSSR count). The molecule has 15 heavy (non-hydrogen) atoms. The van der Waals surface area contributed by atoms with Crippen LogP contribution < -0.4 is 5.73 Å². The van der Waals surface area contributed by atoms with Crippen molar-refractivity contribution in [3.63, 3.8) is 0 Å². The number of nitrogens with zero attached hydrogens (tertiary/aromatic N) is 2. The first-order valence-corrected chi connectivity index (χ1v) is 5.28. The van der Waals surface area contributed by atoms with Gasteiger partial charge in [0.25, 0.3) is 0 Å². The molecule has 0 saturated heterocycles. The van der Waals surface area contributed by atoms with Crippen molar-refractivity contribution < 1.29 is 4.74 Å². The van der Waals surface area contributed by atoms with E-state index in [-0.39, 0.29) is 5.54 Å². The summed E-state index contributed by atoms with van der Waals surface area (Å²) in [6.45, 7) is 4.65. The highest BCUT2D eigenvalue weighted by molar-refractivity contribution is 5.12. The number of hydrogen-bond acceptors (Lipinski definition) is 3. The van der Waals surface area contributed by atoms with Crippen molar-refractivity contribution in [1.29, 1.82) is 0 Å². The van der Waals surface area contributed by atoms with E-state index in [4.69, 9.17) is 10.5 Å². The summed E-state index contributed by atoms with van der Waals surface area (Å²) in [4.78, 5) is 0. The van der Waals surface area contributed by atoms with Gasteiger partial charge in [-0.15, -0.1) is 0 Å². The van der Waals surface area contributed by atoms with Crippen molar-refractivity contribution in [2.24, 2.45) is 12.8 Å². The zero-order valence-corrected chi connectivity index (χ0v) is 10.1. The number of ether oxygens (including phenoxy) is 1. The van der Waals surface area contributed by atoms with Gasteiger partial charge >= 0.3 is 0 Å². The summed E-state index contributed by atoms with van der Waals surface area (Å²) in [5, 5.41) is 4.31. The fraction of sp³-hybridized carbons (Fsp3) is 0.727. The first-order chi connectivity index (χ1) is 7.00. The lowest BCUT2D eigenvalue weighted by atomic mass is 9.92. The maximum absolute atomic E-state index is 6.25. The van der Waals surface area contributed by atoms with Crippen LogP contribution >= 0.6 is 0 Å². The molecular formula is C11H21N3O. The van der Waals surface area contributed by atoms with Crippen molar-refractivity contribution in [3.8, 4) is 0 Å². The van der Waals surface area contributed by atoms with Crippen LogP contribution in [0.3, 0.4) is 0 Å². The van der Waals surface area contributed by atoms with Gasteiger partial charge in [-0.25, -0.2) is 0 Å². The normalized spacial score (nSPS) is 15.3. The molecule has 0 fully saturated rings. The number of aryl methyl sites for hydroxylation is 2. The van der Waals surface area contributed by atoms with Gasteiger partial charge in [-0.2, -0.15) is 5.10 Å². The summed E-state index contributed by atoms with van der Waals surface area (Å²) in [6, 6.07) is 2.08. The molecule has 0 aliphatic heterocycles. The molecule has 0 saturated carbocycles. The zero-order valence-electron chi connectivity index (χ0n) is 10.1. The maximum atomic E-state index is 6.25. The topological polar surface area (TPSA) is 53.1 Å². The van der Waals surface area contributed by atoms with Crippen LogP contribution in [0.4, 0.5) is 0 Å². The van der Waals surface area contributed by atoms with Gasteiger partial charge in [0.05, 0.1) is 12.3 Å². The van der Waals surface area contributed by atoms with Crippen molar-refractivity contribution in [3.05, 3.63) is 17.5 Å². The quantitative estimate of drug-likeness (QED) is 0.791. The van der Waals surface area contributed by atoms with Crippen molar-refractivity contribution in [1.82, 2.24) is 9.78 Å². The third kappa shape index (κ3) is 3.04. The number of hydrogen-bond donors (Lipinski definition) is 1. The Bertz CT molecular complexity index is 322. The standard InChI is InChI=1S/C11H21N3O/c1-5-11(12,8-15-4)7-10-6-9(2)13-14(10)3/h6H,5,7-8,12H2,1-4H3. The molecule has 0 aromatic carbocycles. The number of rotatable bonds is 5. The van der Waals surface area contributed by atoms with Crippen LogP contribution in [0, 0.1) is 6.92 Å². The number of methoxy groups -OCH3 is 1. The van der Waals surface area contributed by atoms with E-state index in [0.29, 0.717) is 6.61 Å². The molecule has 4 nitrogen and oxygen atoms in total. The van der Waals surface area contributed by atoms with E-state index in [0.717, 1.165) is 24.2 Å².